The predicted octanol–water partition coefficient (Wildman–Crippen LogP) is 2.84. The number of rotatable bonds is 7. The van der Waals surface area contributed by atoms with Gasteiger partial charge < -0.3 is 19.7 Å². The number of hydrogen-bond acceptors (Lipinski definition) is 11. The van der Waals surface area contributed by atoms with Crippen LogP contribution in [0.25, 0.3) is 0 Å². The van der Waals surface area contributed by atoms with Gasteiger partial charge in [0.15, 0.2) is 6.29 Å². The maximum Gasteiger partial charge on any atom is 0.328 e. The van der Waals surface area contributed by atoms with Crippen molar-refractivity contribution >= 4 is 41.3 Å². The molecule has 5 rings (SSSR count). The molecule has 0 saturated carbocycles. The predicted molar refractivity (Wildman–Crippen MR) is 148 cm³/mol. The molecule has 0 atom stereocenters. The van der Waals surface area contributed by atoms with E-state index in [1.807, 2.05) is 16.9 Å². The number of urea groups is 1. The summed E-state index contributed by atoms with van der Waals surface area (Å²) in [5.41, 5.74) is 3.25. The van der Waals surface area contributed by atoms with Crippen molar-refractivity contribution in [2.45, 2.75) is 19.4 Å². The summed E-state index contributed by atoms with van der Waals surface area (Å²) >= 11 is 0. The first-order valence-corrected chi connectivity index (χ1v) is 12.8. The van der Waals surface area contributed by atoms with E-state index in [4.69, 9.17) is 9.47 Å². The third kappa shape index (κ3) is 5.84. The van der Waals surface area contributed by atoms with Crippen molar-refractivity contribution in [1.82, 2.24) is 19.9 Å². The molecule has 2 aliphatic rings. The van der Waals surface area contributed by atoms with Crippen molar-refractivity contribution in [2.24, 2.45) is 0 Å². The number of amides is 2. The van der Waals surface area contributed by atoms with Crippen molar-refractivity contribution < 1.29 is 23.9 Å². The van der Waals surface area contributed by atoms with Gasteiger partial charge in [-0.05, 0) is 24.5 Å². The van der Waals surface area contributed by atoms with Gasteiger partial charge in [-0.1, -0.05) is 0 Å². The Kier molecular flexibility index (Phi) is 8.15. The zero-order valence-corrected chi connectivity index (χ0v) is 22.2. The molecule has 1 saturated heterocycles. The van der Waals surface area contributed by atoms with Gasteiger partial charge in [-0.25, -0.2) is 19.6 Å². The molecule has 208 valence electrons. The Hall–Kier alpha value is -5.31. The fourth-order valence-corrected chi connectivity index (χ4v) is 4.72. The average Bonchev–Trinajstić information content (AvgIpc) is 3.01. The van der Waals surface area contributed by atoms with E-state index in [-0.39, 0.29) is 23.7 Å². The lowest BCUT2D eigenvalue weighted by molar-refractivity contribution is 0.0718. The highest BCUT2D eigenvalue weighted by molar-refractivity contribution is 6.02. The van der Waals surface area contributed by atoms with E-state index in [9.17, 15) is 19.6 Å². The van der Waals surface area contributed by atoms with Gasteiger partial charge in [-0.3, -0.25) is 20.0 Å². The molecule has 0 aliphatic carbocycles. The minimum Gasteiger partial charge on any atom is -0.494 e. The summed E-state index contributed by atoms with van der Waals surface area (Å²) < 4.78 is 10.7. The third-order valence-corrected chi connectivity index (χ3v) is 6.77. The Balaban J connectivity index is 1.38. The van der Waals surface area contributed by atoms with Gasteiger partial charge in [0, 0.05) is 49.7 Å². The quantitative estimate of drug-likeness (QED) is 0.326. The third-order valence-electron chi connectivity index (χ3n) is 6.77. The second-order valence-corrected chi connectivity index (χ2v) is 9.27. The Morgan fingerprint density at radius 2 is 2.15 bits per heavy atom. The number of fused-ring (bicyclic) bond motifs is 1. The zero-order chi connectivity index (χ0) is 28.8. The van der Waals surface area contributed by atoms with Gasteiger partial charge in [-0.2, -0.15) is 5.26 Å². The van der Waals surface area contributed by atoms with Crippen LogP contribution in [0.3, 0.4) is 0 Å². The lowest BCUT2D eigenvalue weighted by atomic mass is 10.0. The molecular weight excluding hydrogens is 528 g/mol. The molecule has 13 heteroatoms. The van der Waals surface area contributed by atoms with Crippen molar-refractivity contribution in [3.8, 4) is 11.8 Å². The van der Waals surface area contributed by atoms with Crippen molar-refractivity contribution in [3.63, 3.8) is 0 Å². The number of methoxy groups -OCH3 is 1. The molecule has 2 N–H and O–H groups in total. The molecular formula is C28H26N8O5. The number of anilines is 4. The van der Waals surface area contributed by atoms with Crippen LogP contribution in [0.2, 0.25) is 0 Å². The lowest BCUT2D eigenvalue weighted by Crippen LogP contribution is -2.40. The van der Waals surface area contributed by atoms with E-state index < -0.39 is 6.03 Å². The molecule has 2 amide bonds. The van der Waals surface area contributed by atoms with Crippen LogP contribution < -0.4 is 20.3 Å². The number of carbonyl (C=O) groups is 2. The molecule has 3 aromatic heterocycles. The van der Waals surface area contributed by atoms with Crippen LogP contribution in [0.4, 0.5) is 27.8 Å². The van der Waals surface area contributed by atoms with Crippen LogP contribution >= 0.6 is 0 Å². The molecule has 5 heterocycles. The monoisotopic (exact) mass is 554 g/mol. The molecule has 1 fully saturated rings. The minimum absolute atomic E-state index is 0.169. The topological polar surface area (TPSA) is 163 Å². The Morgan fingerprint density at radius 3 is 2.93 bits per heavy atom. The number of nitrogens with one attached hydrogen (secondary N) is 2. The zero-order valence-electron chi connectivity index (χ0n) is 22.2. The number of hydrogen-bond donors (Lipinski definition) is 2. The van der Waals surface area contributed by atoms with Crippen LogP contribution in [-0.2, 0) is 22.5 Å². The summed E-state index contributed by atoms with van der Waals surface area (Å²) in [6.45, 7) is 1.82. The number of pyridine rings is 3. The molecule has 0 radical (unpaired) electrons. The number of aldehydes is 1. The highest BCUT2D eigenvalue weighted by Gasteiger charge is 2.27. The maximum absolute atomic E-state index is 13.4. The van der Waals surface area contributed by atoms with E-state index in [0.29, 0.717) is 79.6 Å². The molecule has 0 aromatic carbocycles. The second-order valence-electron chi connectivity index (χ2n) is 9.27. The molecule has 3 aromatic rings. The van der Waals surface area contributed by atoms with E-state index in [1.54, 1.807) is 24.5 Å². The first kappa shape index (κ1) is 27.3. The number of carbonyl (C=O) groups excluding carboxylic acids is 3. The van der Waals surface area contributed by atoms with Gasteiger partial charge in [0.25, 0.3) is 0 Å². The minimum atomic E-state index is -0.482. The number of nitrogens with zero attached hydrogens (tertiary/aromatic N) is 6. The molecule has 41 heavy (non-hydrogen) atoms. The number of nitriles is 1. The van der Waals surface area contributed by atoms with Gasteiger partial charge in [0.1, 0.15) is 40.8 Å². The van der Waals surface area contributed by atoms with Crippen LogP contribution in [-0.4, -0.2) is 71.5 Å². The summed E-state index contributed by atoms with van der Waals surface area (Å²) in [4.78, 5) is 52.9. The molecule has 13 nitrogen and oxygen atoms in total. The second kappa shape index (κ2) is 12.3. The number of aromatic nitrogens is 3. The standard InChI is InChI=1S/C28H26N8O5/c1-40-25-4-5-30-13-23(25)32-22-10-26(31-12-20(22)11-29)34-28(39)36-6-2-3-18-9-19(24(16-38)33-27(18)36)14-35-7-8-41-17-21(35)15-37/h4-5,9-10,12-13,16H,2-3,6-8,14,17H2,1H3,(H2,31,32,34,39). The van der Waals surface area contributed by atoms with E-state index >= 15 is 0 Å². The average molecular weight is 555 g/mol. The molecule has 0 unspecified atom stereocenters. The summed E-state index contributed by atoms with van der Waals surface area (Å²) in [6.07, 6.45) is 6.51. The molecule has 0 spiro atoms. The van der Waals surface area contributed by atoms with E-state index in [1.165, 1.54) is 18.2 Å². The van der Waals surface area contributed by atoms with Crippen molar-refractivity contribution in [3.05, 3.63) is 64.9 Å². The van der Waals surface area contributed by atoms with Gasteiger partial charge in [-0.15, -0.1) is 0 Å². The van der Waals surface area contributed by atoms with Crippen LogP contribution in [0.5, 0.6) is 5.75 Å². The lowest BCUT2D eigenvalue weighted by Gasteiger charge is -2.31. The normalized spacial score (nSPS) is 14.4. The summed E-state index contributed by atoms with van der Waals surface area (Å²) in [7, 11) is 1.52. The van der Waals surface area contributed by atoms with E-state index in [2.05, 4.69) is 31.7 Å². The van der Waals surface area contributed by atoms with Gasteiger partial charge in [0.05, 0.1) is 43.5 Å². The van der Waals surface area contributed by atoms with Gasteiger partial charge >= 0.3 is 6.03 Å². The van der Waals surface area contributed by atoms with Crippen molar-refractivity contribution in [2.75, 3.05) is 48.9 Å². The Labute approximate surface area is 235 Å². The SMILES string of the molecule is COc1ccncc1Nc1cc(NC(=O)N2CCCc3cc(CN4CCOCC4=C=O)c(C=O)nc32)ncc1C#N. The first-order chi connectivity index (χ1) is 20.0. The number of ether oxygens (including phenoxy) is 2. The maximum atomic E-state index is 13.4. The van der Waals surface area contributed by atoms with Crippen LogP contribution in [0, 0.1) is 11.3 Å². The molecule has 2 aliphatic heterocycles. The number of morpholine rings is 1. The smallest absolute Gasteiger partial charge is 0.328 e. The number of aryl methyl sites for hydroxylation is 1. The van der Waals surface area contributed by atoms with Crippen LogP contribution in [0.15, 0.2) is 42.5 Å². The first-order valence-electron chi connectivity index (χ1n) is 12.8. The van der Waals surface area contributed by atoms with Crippen LogP contribution in [0.1, 0.15) is 33.6 Å². The van der Waals surface area contributed by atoms with Crippen molar-refractivity contribution in [1.29, 1.82) is 5.26 Å². The highest BCUT2D eigenvalue weighted by atomic mass is 16.5. The Morgan fingerprint density at radius 1 is 1.27 bits per heavy atom. The fraction of sp³-hybridized carbons (Fsp3) is 0.286. The largest absolute Gasteiger partial charge is 0.494 e. The highest BCUT2D eigenvalue weighted by Crippen LogP contribution is 2.31. The summed E-state index contributed by atoms with van der Waals surface area (Å²) in [5.74, 6) is 3.03. The van der Waals surface area contributed by atoms with Gasteiger partial charge in [0.2, 0.25) is 0 Å². The Bertz CT molecular complexity index is 1580. The fourth-order valence-electron chi connectivity index (χ4n) is 4.72. The summed E-state index contributed by atoms with van der Waals surface area (Å²) in [6, 6.07) is 6.68. The van der Waals surface area contributed by atoms with E-state index in [0.717, 1.165) is 5.56 Å². The molecule has 0 bridgehead atoms. The summed E-state index contributed by atoms with van der Waals surface area (Å²) in [5, 5.41) is 15.5.